The topological polar surface area (TPSA) is 17.4 Å². The average Bonchev–Trinajstić information content (AvgIpc) is 3.05. The molecule has 0 N–H and O–H groups in total. The monoisotopic (exact) mass is 258 g/mol. The Labute approximate surface area is 114 Å². The molecule has 3 nitrogen and oxygen atoms in total. The molecule has 2 aromatic rings. The van der Waals surface area contributed by atoms with Crippen molar-refractivity contribution in [1.29, 1.82) is 0 Å². The molecular formula is C16H22N2O. The van der Waals surface area contributed by atoms with Crippen LogP contribution in [0.5, 0.6) is 5.75 Å². The summed E-state index contributed by atoms with van der Waals surface area (Å²) in [6.45, 7) is 3.72. The lowest BCUT2D eigenvalue weighted by Gasteiger charge is -2.13. The minimum absolute atomic E-state index is 0.945. The highest BCUT2D eigenvalue weighted by molar-refractivity contribution is 5.85. The molecule has 1 aliphatic rings. The van der Waals surface area contributed by atoms with Gasteiger partial charge in [-0.2, -0.15) is 0 Å². The highest BCUT2D eigenvalue weighted by Crippen LogP contribution is 2.26. The normalized spacial score (nSPS) is 16.3. The maximum absolute atomic E-state index is 5.34. The minimum atomic E-state index is 0.945. The molecule has 0 unspecified atom stereocenters. The first-order valence-electron chi connectivity index (χ1n) is 7.12. The van der Waals surface area contributed by atoms with Gasteiger partial charge in [0.1, 0.15) is 5.75 Å². The molecule has 0 bridgehead atoms. The summed E-state index contributed by atoms with van der Waals surface area (Å²) in [6.07, 6.45) is 6.12. The van der Waals surface area contributed by atoms with E-state index in [9.17, 15) is 0 Å². The fourth-order valence-electron chi connectivity index (χ4n) is 3.06. The van der Waals surface area contributed by atoms with E-state index >= 15 is 0 Å². The number of rotatable bonds is 4. The molecule has 3 heteroatoms. The molecule has 0 saturated carbocycles. The number of benzene rings is 1. The first-order chi connectivity index (χ1) is 9.28. The van der Waals surface area contributed by atoms with Crippen molar-refractivity contribution >= 4 is 10.9 Å². The van der Waals surface area contributed by atoms with Gasteiger partial charge in [0.05, 0.1) is 7.11 Å². The average molecular weight is 258 g/mol. The van der Waals surface area contributed by atoms with Crippen LogP contribution in [0.2, 0.25) is 0 Å². The Bertz CT molecular complexity index is 567. The number of fused-ring (bicyclic) bond motifs is 1. The van der Waals surface area contributed by atoms with Crippen molar-refractivity contribution in [3.8, 4) is 5.75 Å². The van der Waals surface area contributed by atoms with Gasteiger partial charge in [-0.25, -0.2) is 0 Å². The Morgan fingerprint density at radius 3 is 2.74 bits per heavy atom. The van der Waals surface area contributed by atoms with Gasteiger partial charge in [0, 0.05) is 30.7 Å². The Hall–Kier alpha value is -1.48. The van der Waals surface area contributed by atoms with Gasteiger partial charge in [0.2, 0.25) is 0 Å². The van der Waals surface area contributed by atoms with Crippen molar-refractivity contribution in [1.82, 2.24) is 9.47 Å². The van der Waals surface area contributed by atoms with E-state index in [1.54, 1.807) is 7.11 Å². The van der Waals surface area contributed by atoms with Crippen molar-refractivity contribution in [2.45, 2.75) is 19.3 Å². The molecule has 102 valence electrons. The van der Waals surface area contributed by atoms with E-state index < -0.39 is 0 Å². The van der Waals surface area contributed by atoms with Crippen LogP contribution in [-0.4, -0.2) is 36.2 Å². The standard InChI is InChI=1S/C16H22N2O/c1-17-12-13(7-10-18-8-3-4-9-18)15-11-14(19-2)5-6-16(15)17/h5-6,11-12H,3-4,7-10H2,1-2H3. The number of likely N-dealkylation sites (tertiary alicyclic amines) is 1. The summed E-state index contributed by atoms with van der Waals surface area (Å²) in [5.74, 6) is 0.945. The molecule has 0 amide bonds. The Balaban J connectivity index is 1.84. The number of nitrogens with zero attached hydrogens (tertiary/aromatic N) is 2. The summed E-state index contributed by atoms with van der Waals surface area (Å²) < 4.78 is 7.56. The van der Waals surface area contributed by atoms with Crippen LogP contribution in [0.1, 0.15) is 18.4 Å². The van der Waals surface area contributed by atoms with Crippen molar-refractivity contribution in [2.24, 2.45) is 7.05 Å². The van der Waals surface area contributed by atoms with Gasteiger partial charge in [-0.15, -0.1) is 0 Å². The van der Waals surface area contributed by atoms with Crippen molar-refractivity contribution in [3.05, 3.63) is 30.0 Å². The van der Waals surface area contributed by atoms with E-state index in [1.165, 1.54) is 48.9 Å². The third-order valence-electron chi connectivity index (χ3n) is 4.18. The lowest BCUT2D eigenvalue weighted by Crippen LogP contribution is -2.21. The second kappa shape index (κ2) is 5.25. The number of aromatic nitrogens is 1. The summed E-state index contributed by atoms with van der Waals surface area (Å²) in [6, 6.07) is 6.34. The Morgan fingerprint density at radius 1 is 1.21 bits per heavy atom. The number of hydrogen-bond acceptors (Lipinski definition) is 2. The lowest BCUT2D eigenvalue weighted by molar-refractivity contribution is 0.344. The SMILES string of the molecule is COc1ccc2c(c1)c(CCN1CCCC1)cn2C. The van der Waals surface area contributed by atoms with Gasteiger partial charge < -0.3 is 14.2 Å². The van der Waals surface area contributed by atoms with E-state index in [-0.39, 0.29) is 0 Å². The van der Waals surface area contributed by atoms with E-state index in [0.29, 0.717) is 0 Å². The highest BCUT2D eigenvalue weighted by atomic mass is 16.5. The van der Waals surface area contributed by atoms with E-state index in [0.717, 1.165) is 12.2 Å². The number of ether oxygens (including phenoxy) is 1. The fourth-order valence-corrected chi connectivity index (χ4v) is 3.06. The van der Waals surface area contributed by atoms with Crippen LogP contribution in [0.15, 0.2) is 24.4 Å². The van der Waals surface area contributed by atoms with Crippen LogP contribution in [-0.2, 0) is 13.5 Å². The summed E-state index contributed by atoms with van der Waals surface area (Å²) >= 11 is 0. The molecule has 2 heterocycles. The van der Waals surface area contributed by atoms with Crippen molar-refractivity contribution < 1.29 is 4.74 Å². The van der Waals surface area contributed by atoms with E-state index in [4.69, 9.17) is 4.74 Å². The van der Waals surface area contributed by atoms with Gasteiger partial charge in [0.15, 0.2) is 0 Å². The Morgan fingerprint density at radius 2 is 2.00 bits per heavy atom. The zero-order chi connectivity index (χ0) is 13.2. The van der Waals surface area contributed by atoms with Gasteiger partial charge in [-0.1, -0.05) is 0 Å². The fraction of sp³-hybridized carbons (Fsp3) is 0.500. The quantitative estimate of drug-likeness (QED) is 0.839. The first-order valence-corrected chi connectivity index (χ1v) is 7.12. The van der Waals surface area contributed by atoms with Gasteiger partial charge >= 0.3 is 0 Å². The predicted molar refractivity (Wildman–Crippen MR) is 78.8 cm³/mol. The van der Waals surface area contributed by atoms with Crippen molar-refractivity contribution in [3.63, 3.8) is 0 Å². The van der Waals surface area contributed by atoms with Crippen LogP contribution in [0.4, 0.5) is 0 Å². The first kappa shape index (κ1) is 12.5. The maximum atomic E-state index is 5.34. The molecule has 1 fully saturated rings. The number of methoxy groups -OCH3 is 1. The third kappa shape index (κ3) is 2.47. The van der Waals surface area contributed by atoms with E-state index in [1.807, 2.05) is 6.07 Å². The molecule has 3 rings (SSSR count). The maximum Gasteiger partial charge on any atom is 0.119 e. The van der Waals surface area contributed by atoms with Gasteiger partial charge in [0.25, 0.3) is 0 Å². The number of aryl methyl sites for hydroxylation is 1. The lowest BCUT2D eigenvalue weighted by atomic mass is 10.1. The summed E-state index contributed by atoms with van der Waals surface area (Å²) in [5, 5.41) is 1.33. The second-order valence-corrected chi connectivity index (χ2v) is 5.45. The van der Waals surface area contributed by atoms with E-state index in [2.05, 4.69) is 34.8 Å². The minimum Gasteiger partial charge on any atom is -0.497 e. The summed E-state index contributed by atoms with van der Waals surface area (Å²) in [5.41, 5.74) is 2.72. The molecule has 1 saturated heterocycles. The number of hydrogen-bond donors (Lipinski definition) is 0. The van der Waals surface area contributed by atoms with Gasteiger partial charge in [-0.05, 0) is 56.1 Å². The molecule has 1 aromatic heterocycles. The zero-order valence-corrected chi connectivity index (χ0v) is 11.9. The highest BCUT2D eigenvalue weighted by Gasteiger charge is 2.13. The molecule has 0 aliphatic carbocycles. The molecule has 1 aliphatic heterocycles. The zero-order valence-electron chi connectivity index (χ0n) is 11.9. The second-order valence-electron chi connectivity index (χ2n) is 5.45. The van der Waals surface area contributed by atoms with Gasteiger partial charge in [-0.3, -0.25) is 0 Å². The third-order valence-corrected chi connectivity index (χ3v) is 4.18. The predicted octanol–water partition coefficient (Wildman–Crippen LogP) is 2.83. The Kier molecular flexibility index (Phi) is 3.47. The molecule has 0 atom stereocenters. The van der Waals surface area contributed by atoms with Crippen LogP contribution < -0.4 is 4.74 Å². The molecule has 0 spiro atoms. The van der Waals surface area contributed by atoms with Crippen LogP contribution in [0.25, 0.3) is 10.9 Å². The molecular weight excluding hydrogens is 236 g/mol. The largest absolute Gasteiger partial charge is 0.497 e. The molecule has 0 radical (unpaired) electrons. The van der Waals surface area contributed by atoms with Crippen molar-refractivity contribution in [2.75, 3.05) is 26.7 Å². The molecule has 1 aromatic carbocycles. The van der Waals surface area contributed by atoms with Crippen LogP contribution >= 0.6 is 0 Å². The van der Waals surface area contributed by atoms with Crippen LogP contribution in [0, 0.1) is 0 Å². The molecule has 19 heavy (non-hydrogen) atoms. The summed E-state index contributed by atoms with van der Waals surface area (Å²) in [7, 11) is 3.85. The smallest absolute Gasteiger partial charge is 0.119 e. The summed E-state index contributed by atoms with van der Waals surface area (Å²) in [4.78, 5) is 2.57. The van der Waals surface area contributed by atoms with Crippen LogP contribution in [0.3, 0.4) is 0 Å².